The van der Waals surface area contributed by atoms with Crippen LogP contribution in [0.15, 0.2) is 18.2 Å². The molecular weight excluding hydrogens is 226 g/mol. The molecule has 0 aliphatic carbocycles. The second-order valence-corrected chi connectivity index (χ2v) is 3.76. The molecule has 0 spiro atoms. The maximum Gasteiger partial charge on any atom is 0.124 e. The van der Waals surface area contributed by atoms with Gasteiger partial charge in [0.15, 0.2) is 0 Å². The Morgan fingerprint density at radius 2 is 2.12 bits per heavy atom. The summed E-state index contributed by atoms with van der Waals surface area (Å²) in [5.41, 5.74) is 1.06. The van der Waals surface area contributed by atoms with Crippen molar-refractivity contribution in [3.63, 3.8) is 0 Å². The maximum absolute atomic E-state index is 5.93. The third-order valence-corrected chi connectivity index (χ3v) is 2.31. The SMILES string of the molecule is CCOCCOc1ccc(Cl)cc1CNC. The Morgan fingerprint density at radius 1 is 1.31 bits per heavy atom. The van der Waals surface area contributed by atoms with Crippen molar-refractivity contribution >= 4 is 11.6 Å². The number of ether oxygens (including phenoxy) is 2. The Hall–Kier alpha value is -0.770. The minimum atomic E-state index is 0.562. The van der Waals surface area contributed by atoms with Crippen molar-refractivity contribution in [3.8, 4) is 5.75 Å². The minimum absolute atomic E-state index is 0.562. The topological polar surface area (TPSA) is 30.5 Å². The first-order chi connectivity index (χ1) is 7.77. The average molecular weight is 244 g/mol. The Labute approximate surface area is 102 Å². The predicted octanol–water partition coefficient (Wildman–Crippen LogP) is 2.47. The molecule has 1 aromatic carbocycles. The van der Waals surface area contributed by atoms with Gasteiger partial charge in [-0.15, -0.1) is 0 Å². The minimum Gasteiger partial charge on any atom is -0.491 e. The third kappa shape index (κ3) is 4.39. The molecular formula is C12H18ClNO2. The van der Waals surface area contributed by atoms with E-state index in [-0.39, 0.29) is 0 Å². The fourth-order valence-electron chi connectivity index (χ4n) is 1.37. The summed E-state index contributed by atoms with van der Waals surface area (Å²) in [5, 5.41) is 3.81. The van der Waals surface area contributed by atoms with Gasteiger partial charge in [-0.3, -0.25) is 0 Å². The molecule has 16 heavy (non-hydrogen) atoms. The van der Waals surface area contributed by atoms with E-state index in [1.165, 1.54) is 0 Å². The molecule has 0 radical (unpaired) electrons. The second kappa shape index (κ2) is 7.49. The number of benzene rings is 1. The molecule has 1 aromatic rings. The van der Waals surface area contributed by atoms with E-state index in [1.807, 2.05) is 32.2 Å². The van der Waals surface area contributed by atoms with Crippen LogP contribution in [0, 0.1) is 0 Å². The van der Waals surface area contributed by atoms with Gasteiger partial charge in [0.25, 0.3) is 0 Å². The fourth-order valence-corrected chi connectivity index (χ4v) is 1.57. The molecule has 90 valence electrons. The highest BCUT2D eigenvalue weighted by molar-refractivity contribution is 6.30. The quantitative estimate of drug-likeness (QED) is 0.747. The largest absolute Gasteiger partial charge is 0.491 e. The zero-order chi connectivity index (χ0) is 11.8. The van der Waals surface area contributed by atoms with E-state index in [1.54, 1.807) is 0 Å². The van der Waals surface area contributed by atoms with Crippen LogP contribution in [-0.2, 0) is 11.3 Å². The van der Waals surface area contributed by atoms with E-state index in [9.17, 15) is 0 Å². The molecule has 1 N–H and O–H groups in total. The molecule has 3 nitrogen and oxygen atoms in total. The van der Waals surface area contributed by atoms with Crippen molar-refractivity contribution in [2.24, 2.45) is 0 Å². The van der Waals surface area contributed by atoms with Crippen LogP contribution < -0.4 is 10.1 Å². The molecule has 0 saturated carbocycles. The van der Waals surface area contributed by atoms with Gasteiger partial charge in [0, 0.05) is 23.7 Å². The Balaban J connectivity index is 2.56. The molecule has 0 atom stereocenters. The van der Waals surface area contributed by atoms with Crippen LogP contribution >= 0.6 is 11.6 Å². The van der Waals surface area contributed by atoms with Crippen molar-refractivity contribution in [1.29, 1.82) is 0 Å². The molecule has 0 amide bonds. The molecule has 4 heteroatoms. The first-order valence-electron chi connectivity index (χ1n) is 5.41. The van der Waals surface area contributed by atoms with Crippen LogP contribution in [0.2, 0.25) is 5.02 Å². The van der Waals surface area contributed by atoms with Gasteiger partial charge in [0.2, 0.25) is 0 Å². The Morgan fingerprint density at radius 3 is 2.81 bits per heavy atom. The van der Waals surface area contributed by atoms with Gasteiger partial charge in [-0.1, -0.05) is 11.6 Å². The Bertz CT molecular complexity index is 318. The monoisotopic (exact) mass is 243 g/mol. The zero-order valence-electron chi connectivity index (χ0n) is 9.75. The highest BCUT2D eigenvalue weighted by Crippen LogP contribution is 2.22. The third-order valence-electron chi connectivity index (χ3n) is 2.08. The van der Waals surface area contributed by atoms with Crippen molar-refractivity contribution < 1.29 is 9.47 Å². The van der Waals surface area contributed by atoms with Crippen LogP contribution in [0.4, 0.5) is 0 Å². The lowest BCUT2D eigenvalue weighted by Crippen LogP contribution is -2.10. The standard InChI is InChI=1S/C12H18ClNO2/c1-3-15-6-7-16-12-5-4-11(13)8-10(12)9-14-2/h4-5,8,14H,3,6-7,9H2,1-2H3. The molecule has 0 unspecified atom stereocenters. The van der Waals surface area contributed by atoms with Gasteiger partial charge in [0.05, 0.1) is 6.61 Å². The van der Waals surface area contributed by atoms with E-state index in [0.29, 0.717) is 19.8 Å². The lowest BCUT2D eigenvalue weighted by atomic mass is 10.2. The van der Waals surface area contributed by atoms with E-state index in [4.69, 9.17) is 21.1 Å². The van der Waals surface area contributed by atoms with E-state index >= 15 is 0 Å². The van der Waals surface area contributed by atoms with Gasteiger partial charge in [-0.05, 0) is 32.2 Å². The summed E-state index contributed by atoms with van der Waals surface area (Å²) < 4.78 is 10.8. The second-order valence-electron chi connectivity index (χ2n) is 3.33. The van der Waals surface area contributed by atoms with Crippen molar-refractivity contribution in [2.75, 3.05) is 26.9 Å². The van der Waals surface area contributed by atoms with Crippen LogP contribution in [0.3, 0.4) is 0 Å². The highest BCUT2D eigenvalue weighted by Gasteiger charge is 2.03. The number of hydrogen-bond donors (Lipinski definition) is 1. The summed E-state index contributed by atoms with van der Waals surface area (Å²) >= 11 is 5.93. The number of rotatable bonds is 7. The summed E-state index contributed by atoms with van der Waals surface area (Å²) in [4.78, 5) is 0. The molecule has 0 aliphatic heterocycles. The summed E-state index contributed by atoms with van der Waals surface area (Å²) in [6.07, 6.45) is 0. The molecule has 0 aromatic heterocycles. The lowest BCUT2D eigenvalue weighted by molar-refractivity contribution is 0.110. The van der Waals surface area contributed by atoms with Gasteiger partial charge < -0.3 is 14.8 Å². The first kappa shape index (κ1) is 13.3. The van der Waals surface area contributed by atoms with Crippen molar-refractivity contribution in [3.05, 3.63) is 28.8 Å². The summed E-state index contributed by atoms with van der Waals surface area (Å²) in [7, 11) is 1.89. The molecule has 0 saturated heterocycles. The normalized spacial score (nSPS) is 10.4. The zero-order valence-corrected chi connectivity index (χ0v) is 10.5. The number of halogens is 1. The number of nitrogens with one attached hydrogen (secondary N) is 1. The highest BCUT2D eigenvalue weighted by atomic mass is 35.5. The molecule has 0 aliphatic rings. The average Bonchev–Trinajstić information content (AvgIpc) is 2.27. The Kier molecular flexibility index (Phi) is 6.23. The van der Waals surface area contributed by atoms with Crippen LogP contribution in [0.1, 0.15) is 12.5 Å². The van der Waals surface area contributed by atoms with Gasteiger partial charge in [-0.25, -0.2) is 0 Å². The number of hydrogen-bond acceptors (Lipinski definition) is 3. The van der Waals surface area contributed by atoms with E-state index in [2.05, 4.69) is 5.32 Å². The smallest absolute Gasteiger partial charge is 0.124 e. The molecule has 0 heterocycles. The van der Waals surface area contributed by atoms with E-state index in [0.717, 1.165) is 22.9 Å². The molecule has 1 rings (SSSR count). The summed E-state index contributed by atoms with van der Waals surface area (Å²) in [6, 6.07) is 5.63. The van der Waals surface area contributed by atoms with Crippen molar-refractivity contribution in [1.82, 2.24) is 5.32 Å². The molecule has 0 bridgehead atoms. The van der Waals surface area contributed by atoms with E-state index < -0.39 is 0 Å². The van der Waals surface area contributed by atoms with Crippen LogP contribution in [0.25, 0.3) is 0 Å². The summed E-state index contributed by atoms with van der Waals surface area (Å²) in [5.74, 6) is 0.860. The summed E-state index contributed by atoms with van der Waals surface area (Å²) in [6.45, 7) is 4.59. The van der Waals surface area contributed by atoms with Gasteiger partial charge in [-0.2, -0.15) is 0 Å². The van der Waals surface area contributed by atoms with Crippen molar-refractivity contribution in [2.45, 2.75) is 13.5 Å². The van der Waals surface area contributed by atoms with Crippen LogP contribution in [-0.4, -0.2) is 26.9 Å². The van der Waals surface area contributed by atoms with Gasteiger partial charge in [0.1, 0.15) is 12.4 Å². The molecule has 0 fully saturated rings. The lowest BCUT2D eigenvalue weighted by Gasteiger charge is -2.11. The first-order valence-corrected chi connectivity index (χ1v) is 5.79. The predicted molar refractivity (Wildman–Crippen MR) is 66.2 cm³/mol. The van der Waals surface area contributed by atoms with Gasteiger partial charge >= 0.3 is 0 Å². The maximum atomic E-state index is 5.93. The fraction of sp³-hybridized carbons (Fsp3) is 0.500. The van der Waals surface area contributed by atoms with Crippen LogP contribution in [0.5, 0.6) is 5.75 Å².